The van der Waals surface area contributed by atoms with Crippen LogP contribution in [0.5, 0.6) is 5.75 Å². The van der Waals surface area contributed by atoms with E-state index in [2.05, 4.69) is 5.32 Å². The highest BCUT2D eigenvalue weighted by Gasteiger charge is 2.11. The summed E-state index contributed by atoms with van der Waals surface area (Å²) in [6.45, 7) is 5.90. The lowest BCUT2D eigenvalue weighted by molar-refractivity contribution is 0.235. The van der Waals surface area contributed by atoms with Gasteiger partial charge in [0.2, 0.25) is 0 Å². The van der Waals surface area contributed by atoms with Gasteiger partial charge in [-0.1, -0.05) is 19.9 Å². The van der Waals surface area contributed by atoms with Crippen molar-refractivity contribution in [1.82, 2.24) is 5.32 Å². The van der Waals surface area contributed by atoms with E-state index in [-0.39, 0.29) is 11.7 Å². The lowest BCUT2D eigenvalue weighted by Crippen LogP contribution is -2.25. The Morgan fingerprint density at radius 3 is 2.50 bits per heavy atom. The Bertz CT molecular complexity index is 311. The van der Waals surface area contributed by atoms with Gasteiger partial charge in [-0.15, -0.1) is 0 Å². The van der Waals surface area contributed by atoms with Gasteiger partial charge in [-0.25, -0.2) is 8.78 Å². The molecule has 1 rings (SSSR count). The van der Waals surface area contributed by atoms with Gasteiger partial charge in [0.25, 0.3) is 0 Å². The van der Waals surface area contributed by atoms with Gasteiger partial charge in [-0.3, -0.25) is 0 Å². The van der Waals surface area contributed by atoms with Gasteiger partial charge < -0.3 is 10.1 Å². The molecule has 2 nitrogen and oxygen atoms in total. The largest absolute Gasteiger partial charge is 0.487 e. The topological polar surface area (TPSA) is 21.3 Å². The molecule has 0 aromatic heterocycles. The summed E-state index contributed by atoms with van der Waals surface area (Å²) in [6.07, 6.45) is 0. The maximum atomic E-state index is 13.2. The molecule has 0 saturated carbocycles. The van der Waals surface area contributed by atoms with Crippen molar-refractivity contribution in [3.8, 4) is 5.75 Å². The summed E-state index contributed by atoms with van der Waals surface area (Å²) in [6, 6.07) is 3.69. The smallest absolute Gasteiger partial charge is 0.190 e. The number of benzene rings is 1. The third-order valence-electron chi connectivity index (χ3n) is 2.17. The molecule has 0 saturated heterocycles. The summed E-state index contributed by atoms with van der Waals surface area (Å²) in [5, 5.41) is 3.15. The highest BCUT2D eigenvalue weighted by Crippen LogP contribution is 2.21. The number of hydrogen-bond donors (Lipinski definition) is 1. The molecular weight excluding hydrogens is 212 g/mol. The maximum absolute atomic E-state index is 13.2. The fraction of sp³-hybridized carbons (Fsp3) is 0.500. The zero-order chi connectivity index (χ0) is 12.0. The predicted molar refractivity (Wildman–Crippen MR) is 59.6 cm³/mol. The van der Waals surface area contributed by atoms with Crippen LogP contribution in [0.15, 0.2) is 18.2 Å². The zero-order valence-corrected chi connectivity index (χ0v) is 9.59. The summed E-state index contributed by atoms with van der Waals surface area (Å²) in [4.78, 5) is 0. The Hall–Kier alpha value is -1.16. The predicted octanol–water partition coefficient (Wildman–Crippen LogP) is 2.59. The van der Waals surface area contributed by atoms with Crippen LogP contribution in [0, 0.1) is 17.6 Å². The van der Waals surface area contributed by atoms with Gasteiger partial charge in [-0.2, -0.15) is 0 Å². The summed E-state index contributed by atoms with van der Waals surface area (Å²) in [7, 11) is 0. The van der Waals surface area contributed by atoms with Gasteiger partial charge in [-0.05, 0) is 18.7 Å². The SMILES string of the molecule is CCNCC(C)COc1c(F)cccc1F. The highest BCUT2D eigenvalue weighted by atomic mass is 19.1. The van der Waals surface area contributed by atoms with Crippen LogP contribution >= 0.6 is 0 Å². The molecule has 1 aromatic carbocycles. The molecule has 0 aliphatic heterocycles. The number of halogens is 2. The summed E-state index contributed by atoms with van der Waals surface area (Å²) in [5.41, 5.74) is 0. The number of rotatable bonds is 6. The summed E-state index contributed by atoms with van der Waals surface area (Å²) in [5.74, 6) is -1.39. The van der Waals surface area contributed by atoms with Crippen molar-refractivity contribution >= 4 is 0 Å². The van der Waals surface area contributed by atoms with E-state index in [0.29, 0.717) is 6.61 Å². The Balaban J connectivity index is 2.48. The highest BCUT2D eigenvalue weighted by molar-refractivity contribution is 5.25. The van der Waals surface area contributed by atoms with Crippen LogP contribution in [0.2, 0.25) is 0 Å². The third-order valence-corrected chi connectivity index (χ3v) is 2.17. The molecule has 16 heavy (non-hydrogen) atoms. The van der Waals surface area contributed by atoms with Crippen molar-refractivity contribution in [3.63, 3.8) is 0 Å². The van der Waals surface area contributed by atoms with Gasteiger partial charge in [0.15, 0.2) is 17.4 Å². The molecule has 1 unspecified atom stereocenters. The lowest BCUT2D eigenvalue weighted by Gasteiger charge is -2.14. The zero-order valence-electron chi connectivity index (χ0n) is 9.59. The molecule has 4 heteroatoms. The first-order valence-corrected chi connectivity index (χ1v) is 5.42. The second-order valence-electron chi connectivity index (χ2n) is 3.77. The summed E-state index contributed by atoms with van der Waals surface area (Å²) < 4.78 is 31.5. The monoisotopic (exact) mass is 229 g/mol. The van der Waals surface area contributed by atoms with Gasteiger partial charge in [0.1, 0.15) is 0 Å². The van der Waals surface area contributed by atoms with Gasteiger partial charge in [0, 0.05) is 12.5 Å². The van der Waals surface area contributed by atoms with Gasteiger partial charge in [0.05, 0.1) is 6.61 Å². The molecule has 0 spiro atoms. The van der Waals surface area contributed by atoms with Crippen LogP contribution in [0.3, 0.4) is 0 Å². The minimum absolute atomic E-state index is 0.207. The average Bonchev–Trinajstić information content (AvgIpc) is 2.25. The van der Waals surface area contributed by atoms with Crippen LogP contribution in [0.1, 0.15) is 13.8 Å². The lowest BCUT2D eigenvalue weighted by atomic mass is 10.2. The van der Waals surface area contributed by atoms with Crippen molar-refractivity contribution in [2.45, 2.75) is 13.8 Å². The third kappa shape index (κ3) is 3.77. The van der Waals surface area contributed by atoms with E-state index in [9.17, 15) is 8.78 Å². The normalized spacial score (nSPS) is 12.5. The Labute approximate surface area is 94.6 Å². The molecule has 0 aliphatic carbocycles. The van der Waals surface area contributed by atoms with E-state index in [1.54, 1.807) is 0 Å². The molecule has 0 radical (unpaired) electrons. The second-order valence-corrected chi connectivity index (χ2v) is 3.77. The quantitative estimate of drug-likeness (QED) is 0.809. The molecule has 90 valence electrons. The van der Waals surface area contributed by atoms with E-state index in [1.165, 1.54) is 18.2 Å². The minimum Gasteiger partial charge on any atom is -0.487 e. The van der Waals surface area contributed by atoms with Crippen molar-refractivity contribution in [2.24, 2.45) is 5.92 Å². The van der Waals surface area contributed by atoms with Crippen molar-refractivity contribution in [3.05, 3.63) is 29.8 Å². The minimum atomic E-state index is -0.657. The van der Waals surface area contributed by atoms with E-state index in [0.717, 1.165) is 13.1 Å². The Kier molecular flexibility index (Phi) is 5.19. The molecule has 1 N–H and O–H groups in total. The molecular formula is C12H17F2NO. The number of para-hydroxylation sites is 1. The standard InChI is InChI=1S/C12H17F2NO/c1-3-15-7-9(2)8-16-12-10(13)5-4-6-11(12)14/h4-6,9,15H,3,7-8H2,1-2H3. The molecule has 0 bridgehead atoms. The Morgan fingerprint density at radius 2 is 1.94 bits per heavy atom. The molecule has 1 aromatic rings. The van der Waals surface area contributed by atoms with E-state index < -0.39 is 11.6 Å². The first-order valence-electron chi connectivity index (χ1n) is 5.42. The van der Waals surface area contributed by atoms with Crippen molar-refractivity contribution < 1.29 is 13.5 Å². The number of ether oxygens (including phenoxy) is 1. The first kappa shape index (κ1) is 12.9. The first-order chi connectivity index (χ1) is 7.65. The van der Waals surface area contributed by atoms with Gasteiger partial charge >= 0.3 is 0 Å². The molecule has 0 fully saturated rings. The van der Waals surface area contributed by atoms with Crippen LogP contribution < -0.4 is 10.1 Å². The fourth-order valence-electron chi connectivity index (χ4n) is 1.30. The molecule has 1 atom stereocenters. The summed E-state index contributed by atoms with van der Waals surface area (Å²) >= 11 is 0. The van der Waals surface area contributed by atoms with E-state index >= 15 is 0 Å². The van der Waals surface area contributed by atoms with E-state index in [4.69, 9.17) is 4.74 Å². The van der Waals surface area contributed by atoms with Crippen LogP contribution in [-0.2, 0) is 0 Å². The molecule has 0 heterocycles. The van der Waals surface area contributed by atoms with Crippen molar-refractivity contribution in [1.29, 1.82) is 0 Å². The average molecular weight is 229 g/mol. The van der Waals surface area contributed by atoms with Crippen molar-refractivity contribution in [2.75, 3.05) is 19.7 Å². The van der Waals surface area contributed by atoms with Crippen LogP contribution in [-0.4, -0.2) is 19.7 Å². The number of hydrogen-bond acceptors (Lipinski definition) is 2. The van der Waals surface area contributed by atoms with Crippen LogP contribution in [0.25, 0.3) is 0 Å². The second kappa shape index (κ2) is 6.43. The maximum Gasteiger partial charge on any atom is 0.190 e. The molecule has 0 aliphatic rings. The fourth-order valence-corrected chi connectivity index (χ4v) is 1.30. The Morgan fingerprint density at radius 1 is 1.31 bits per heavy atom. The number of nitrogens with one attached hydrogen (secondary N) is 1. The van der Waals surface area contributed by atoms with Crippen LogP contribution in [0.4, 0.5) is 8.78 Å². The van der Waals surface area contributed by atoms with E-state index in [1.807, 2.05) is 13.8 Å². The molecule has 0 amide bonds.